The van der Waals surface area contributed by atoms with Gasteiger partial charge in [0.2, 0.25) is 0 Å². The smallest absolute Gasteiger partial charge is 0.337 e. The van der Waals surface area contributed by atoms with E-state index in [2.05, 4.69) is 0 Å². The van der Waals surface area contributed by atoms with E-state index in [9.17, 15) is 19.5 Å². The number of thiazole rings is 1. The van der Waals surface area contributed by atoms with E-state index in [-0.39, 0.29) is 11.3 Å². The number of ether oxygens (including phenoxy) is 3. The summed E-state index contributed by atoms with van der Waals surface area (Å²) in [5.41, 5.74) is 3.76. The third kappa shape index (κ3) is 4.17. The highest BCUT2D eigenvalue weighted by molar-refractivity contribution is 7.22. The van der Waals surface area contributed by atoms with Gasteiger partial charge in [-0.3, -0.25) is 14.5 Å². The van der Waals surface area contributed by atoms with Crippen molar-refractivity contribution in [2.24, 2.45) is 0 Å². The molecular weight excluding hydrogens is 532 g/mol. The first-order valence-electron chi connectivity index (χ1n) is 12.5. The molecule has 10 heteroatoms. The Morgan fingerprint density at radius 3 is 2.42 bits per heavy atom. The molecule has 2 aliphatic rings. The van der Waals surface area contributed by atoms with Crippen LogP contribution in [-0.2, 0) is 14.3 Å². The van der Waals surface area contributed by atoms with E-state index in [0.717, 1.165) is 21.3 Å². The van der Waals surface area contributed by atoms with Crippen LogP contribution < -0.4 is 14.4 Å². The molecule has 1 saturated heterocycles. The van der Waals surface area contributed by atoms with Gasteiger partial charge in [-0.2, -0.15) is 0 Å². The second-order valence-electron chi connectivity index (χ2n) is 9.57. The molecule has 2 aliphatic heterocycles. The van der Waals surface area contributed by atoms with E-state index in [1.54, 1.807) is 42.5 Å². The molecule has 6 rings (SSSR count). The third-order valence-corrected chi connectivity index (χ3v) is 7.93. The highest BCUT2D eigenvalue weighted by Crippen LogP contribution is 2.45. The Morgan fingerprint density at radius 2 is 1.70 bits per heavy atom. The summed E-state index contributed by atoms with van der Waals surface area (Å²) in [5.74, 6) is -1.57. The molecular formula is C30H24N2O7S. The lowest BCUT2D eigenvalue weighted by Gasteiger charge is -2.23. The summed E-state index contributed by atoms with van der Waals surface area (Å²) < 4.78 is 16.9. The third-order valence-electron chi connectivity index (χ3n) is 6.93. The molecule has 0 aliphatic carbocycles. The Bertz CT molecular complexity index is 1740. The number of aliphatic hydroxyl groups is 1. The SMILES string of the molecule is COC(=O)c1ccc([C@H]2C(=C(O)c3ccc4c(c3)OCCO4)C(=O)C(=O)N2c2nc3c(C)cc(C)cc3s2)cc1. The average Bonchev–Trinajstić information content (AvgIpc) is 3.50. The molecule has 202 valence electrons. The highest BCUT2D eigenvalue weighted by Gasteiger charge is 2.48. The number of benzene rings is 3. The number of carbonyl (C=O) groups is 3. The molecule has 1 N–H and O–H groups in total. The number of anilines is 1. The second-order valence-corrected chi connectivity index (χ2v) is 10.6. The summed E-state index contributed by atoms with van der Waals surface area (Å²) >= 11 is 1.29. The minimum absolute atomic E-state index is 0.0975. The number of fused-ring (bicyclic) bond motifs is 2. The lowest BCUT2D eigenvalue weighted by molar-refractivity contribution is -0.132. The monoisotopic (exact) mass is 556 g/mol. The number of rotatable bonds is 4. The Hall–Kier alpha value is -4.70. The van der Waals surface area contributed by atoms with Crippen molar-refractivity contribution in [3.63, 3.8) is 0 Å². The number of hydrogen-bond acceptors (Lipinski definition) is 9. The molecule has 0 bridgehead atoms. The van der Waals surface area contributed by atoms with E-state index in [1.165, 1.54) is 23.3 Å². The number of aromatic nitrogens is 1. The number of amides is 1. The number of aliphatic hydroxyl groups excluding tert-OH is 1. The van der Waals surface area contributed by atoms with Crippen molar-refractivity contribution in [3.05, 3.63) is 88.0 Å². The number of carbonyl (C=O) groups excluding carboxylic acids is 3. The summed E-state index contributed by atoms with van der Waals surface area (Å²) in [6, 6.07) is 14.2. The maximum Gasteiger partial charge on any atom is 0.337 e. The predicted molar refractivity (Wildman–Crippen MR) is 149 cm³/mol. The largest absolute Gasteiger partial charge is 0.507 e. The van der Waals surface area contributed by atoms with Crippen LogP contribution in [0, 0.1) is 13.8 Å². The van der Waals surface area contributed by atoms with Gasteiger partial charge < -0.3 is 19.3 Å². The molecule has 4 aromatic rings. The fourth-order valence-corrected chi connectivity index (χ4v) is 6.24. The van der Waals surface area contributed by atoms with Gasteiger partial charge in [0.05, 0.1) is 34.5 Å². The van der Waals surface area contributed by atoms with Crippen LogP contribution in [0.4, 0.5) is 5.13 Å². The van der Waals surface area contributed by atoms with Crippen molar-refractivity contribution in [2.75, 3.05) is 25.2 Å². The number of esters is 1. The number of ketones is 1. The van der Waals surface area contributed by atoms with Gasteiger partial charge in [0.15, 0.2) is 16.6 Å². The normalized spacial score (nSPS) is 17.9. The Labute approximate surface area is 233 Å². The molecule has 3 heterocycles. The molecule has 0 spiro atoms. The fourth-order valence-electron chi connectivity index (χ4n) is 5.07. The summed E-state index contributed by atoms with van der Waals surface area (Å²) in [6.07, 6.45) is 0. The maximum absolute atomic E-state index is 13.6. The molecule has 1 aromatic heterocycles. The highest BCUT2D eigenvalue weighted by atomic mass is 32.1. The number of nitrogens with zero attached hydrogens (tertiary/aromatic N) is 2. The number of Topliss-reactive ketones (excluding diaryl/α,β-unsaturated/α-hetero) is 1. The van der Waals surface area contributed by atoms with Gasteiger partial charge in [0.1, 0.15) is 19.0 Å². The van der Waals surface area contributed by atoms with Crippen molar-refractivity contribution >= 4 is 50.1 Å². The van der Waals surface area contributed by atoms with Crippen LogP contribution in [-0.4, -0.2) is 48.1 Å². The summed E-state index contributed by atoms with van der Waals surface area (Å²) in [6.45, 7) is 4.68. The zero-order valence-electron chi connectivity index (χ0n) is 21.9. The van der Waals surface area contributed by atoms with Gasteiger partial charge in [-0.05, 0) is 66.9 Å². The summed E-state index contributed by atoms with van der Waals surface area (Å²) in [5, 5.41) is 11.8. The predicted octanol–water partition coefficient (Wildman–Crippen LogP) is 5.10. The number of aryl methyl sites for hydroxylation is 2. The van der Waals surface area contributed by atoms with Crippen molar-refractivity contribution in [1.29, 1.82) is 0 Å². The molecule has 0 unspecified atom stereocenters. The van der Waals surface area contributed by atoms with Crippen LogP contribution in [0.5, 0.6) is 11.5 Å². The minimum Gasteiger partial charge on any atom is -0.507 e. The second kappa shape index (κ2) is 9.80. The molecule has 3 aromatic carbocycles. The van der Waals surface area contributed by atoms with E-state index in [0.29, 0.717) is 46.5 Å². The first-order valence-corrected chi connectivity index (χ1v) is 13.4. The molecule has 40 heavy (non-hydrogen) atoms. The van der Waals surface area contributed by atoms with Crippen LogP contribution in [0.15, 0.2) is 60.2 Å². The molecule has 0 saturated carbocycles. The lowest BCUT2D eigenvalue weighted by atomic mass is 9.94. The zero-order chi connectivity index (χ0) is 28.1. The number of hydrogen-bond donors (Lipinski definition) is 1. The lowest BCUT2D eigenvalue weighted by Crippen LogP contribution is -2.29. The molecule has 9 nitrogen and oxygen atoms in total. The van der Waals surface area contributed by atoms with E-state index < -0.39 is 23.7 Å². The molecule has 1 amide bonds. The first kappa shape index (κ1) is 25.6. The Balaban J connectivity index is 1.54. The van der Waals surface area contributed by atoms with Crippen molar-refractivity contribution in [2.45, 2.75) is 19.9 Å². The molecule has 1 fully saturated rings. The Kier molecular flexibility index (Phi) is 6.26. The van der Waals surface area contributed by atoms with Crippen molar-refractivity contribution < 1.29 is 33.7 Å². The fraction of sp³-hybridized carbons (Fsp3) is 0.200. The van der Waals surface area contributed by atoms with Crippen LogP contribution in [0.1, 0.15) is 38.7 Å². The quantitative estimate of drug-likeness (QED) is 0.160. The van der Waals surface area contributed by atoms with E-state index in [4.69, 9.17) is 19.2 Å². The minimum atomic E-state index is -0.998. The van der Waals surface area contributed by atoms with Gasteiger partial charge in [-0.15, -0.1) is 0 Å². The van der Waals surface area contributed by atoms with Crippen LogP contribution >= 0.6 is 11.3 Å². The van der Waals surface area contributed by atoms with Crippen LogP contribution in [0.3, 0.4) is 0 Å². The Morgan fingerprint density at radius 1 is 1.00 bits per heavy atom. The van der Waals surface area contributed by atoms with Crippen molar-refractivity contribution in [3.8, 4) is 11.5 Å². The van der Waals surface area contributed by atoms with Gasteiger partial charge in [-0.25, -0.2) is 9.78 Å². The summed E-state index contributed by atoms with van der Waals surface area (Å²) in [4.78, 5) is 45.3. The van der Waals surface area contributed by atoms with Crippen molar-refractivity contribution in [1.82, 2.24) is 4.98 Å². The average molecular weight is 557 g/mol. The van der Waals surface area contributed by atoms with E-state index >= 15 is 0 Å². The standard InChI is InChI=1S/C30H24N2O7S/c1-15-12-16(2)24-22(13-15)40-30(31-24)32-25(17-4-6-18(7-5-17)29(36)37-3)23(27(34)28(32)35)26(33)19-8-9-20-21(14-19)39-11-10-38-20/h4-9,12-14,25,33H,10-11H2,1-3H3/t25-/m0/s1. The first-order chi connectivity index (χ1) is 19.3. The van der Waals surface area contributed by atoms with Gasteiger partial charge in [0, 0.05) is 5.56 Å². The molecule has 0 radical (unpaired) electrons. The van der Waals surface area contributed by atoms with Gasteiger partial charge >= 0.3 is 11.9 Å². The zero-order valence-corrected chi connectivity index (χ0v) is 22.7. The van der Waals surface area contributed by atoms with Crippen LogP contribution in [0.2, 0.25) is 0 Å². The van der Waals surface area contributed by atoms with Gasteiger partial charge in [0.25, 0.3) is 5.78 Å². The maximum atomic E-state index is 13.6. The number of methoxy groups -OCH3 is 1. The molecule has 1 atom stereocenters. The van der Waals surface area contributed by atoms with Gasteiger partial charge in [-0.1, -0.05) is 29.5 Å². The van der Waals surface area contributed by atoms with Crippen LogP contribution in [0.25, 0.3) is 16.0 Å². The summed E-state index contributed by atoms with van der Waals surface area (Å²) in [7, 11) is 1.29. The van der Waals surface area contributed by atoms with E-state index in [1.807, 2.05) is 26.0 Å². The topological polar surface area (TPSA) is 115 Å².